The second-order valence-corrected chi connectivity index (χ2v) is 7.09. The topological polar surface area (TPSA) is 80.6 Å². The van der Waals surface area contributed by atoms with Gasteiger partial charge < -0.3 is 0 Å². The van der Waals surface area contributed by atoms with E-state index in [1.807, 2.05) is 13.8 Å². The average Bonchev–Trinajstić information content (AvgIpc) is 2.34. The minimum Gasteiger partial charge on any atom is -0.298 e. The lowest BCUT2D eigenvalue weighted by Crippen LogP contribution is -2.59. The molecule has 1 aliphatic carbocycles. The van der Waals surface area contributed by atoms with E-state index in [-0.39, 0.29) is 11.7 Å². The van der Waals surface area contributed by atoms with Crippen molar-refractivity contribution in [2.45, 2.75) is 54.0 Å². The molecule has 1 unspecified atom stereocenters. The zero-order chi connectivity index (χ0) is 15.9. The van der Waals surface area contributed by atoms with Crippen molar-refractivity contribution in [2.75, 3.05) is 0 Å². The van der Waals surface area contributed by atoms with Gasteiger partial charge in [-0.2, -0.15) is 4.91 Å². The lowest BCUT2D eigenvalue weighted by molar-refractivity contribution is -0.160. The molecular weight excluding hydrogens is 258 g/mol. The first-order valence-corrected chi connectivity index (χ1v) is 6.94. The first-order valence-electron chi connectivity index (χ1n) is 6.94. The number of hydrogen-bond acceptors (Lipinski definition) is 5. The summed E-state index contributed by atoms with van der Waals surface area (Å²) in [6.07, 6.45) is 0.367. The molecule has 1 atom stereocenters. The smallest absolute Gasteiger partial charge is 0.158 e. The zero-order valence-electron chi connectivity index (χ0n) is 13.0. The third-order valence-corrected chi connectivity index (χ3v) is 4.17. The highest BCUT2D eigenvalue weighted by molar-refractivity contribution is 6.28. The number of carbonyl (C=O) groups is 3. The summed E-state index contributed by atoms with van der Waals surface area (Å²) in [5.41, 5.74) is -2.50. The quantitative estimate of drug-likeness (QED) is 0.586. The fraction of sp³-hybridized carbons (Fsp3) is 0.800. The summed E-state index contributed by atoms with van der Waals surface area (Å²) in [6.45, 7) is 9.90. The molecule has 0 radical (unpaired) electrons. The summed E-state index contributed by atoms with van der Waals surface area (Å²) in [5.74, 6) is -2.29. The van der Waals surface area contributed by atoms with E-state index in [0.717, 1.165) is 0 Å². The van der Waals surface area contributed by atoms with Gasteiger partial charge in [-0.3, -0.25) is 14.4 Å². The Hall–Kier alpha value is -1.39. The second-order valence-electron chi connectivity index (χ2n) is 7.09. The van der Waals surface area contributed by atoms with Gasteiger partial charge in [0.15, 0.2) is 17.3 Å². The Morgan fingerprint density at radius 3 is 1.70 bits per heavy atom. The molecule has 0 aromatic carbocycles. The van der Waals surface area contributed by atoms with Gasteiger partial charge in [0, 0.05) is 0 Å². The Balaban J connectivity index is 3.30. The van der Waals surface area contributed by atoms with Crippen LogP contribution in [0.25, 0.3) is 0 Å². The molecule has 5 nitrogen and oxygen atoms in total. The van der Waals surface area contributed by atoms with Crippen molar-refractivity contribution in [1.82, 2.24) is 0 Å². The third kappa shape index (κ3) is 2.45. The second kappa shape index (κ2) is 5.19. The normalized spacial score (nSPS) is 24.1. The van der Waals surface area contributed by atoms with E-state index >= 15 is 0 Å². The molecule has 1 rings (SSSR count). The summed E-state index contributed by atoms with van der Waals surface area (Å²) < 4.78 is 0. The molecule has 0 saturated heterocycles. The zero-order valence-corrected chi connectivity index (χ0v) is 13.0. The van der Waals surface area contributed by atoms with Crippen LogP contribution in [0.4, 0.5) is 0 Å². The van der Waals surface area contributed by atoms with Gasteiger partial charge in [-0.1, -0.05) is 19.0 Å². The van der Waals surface area contributed by atoms with Crippen LogP contribution >= 0.6 is 0 Å². The minimum atomic E-state index is -1.25. The van der Waals surface area contributed by atoms with Gasteiger partial charge in [0.05, 0.1) is 10.8 Å². The standard InChI is InChI=1S/C15H23NO4/c1-8(2)7-9(16-20)10-11(17)14(3,4)13(19)15(5,6)12(10)18/h8-10H,7H2,1-6H3. The van der Waals surface area contributed by atoms with Crippen LogP contribution in [0.15, 0.2) is 5.18 Å². The highest BCUT2D eigenvalue weighted by Crippen LogP contribution is 2.43. The number of Topliss-reactive ketones (excluding diaryl/α,β-unsaturated/α-hetero) is 3. The third-order valence-electron chi connectivity index (χ3n) is 4.17. The highest BCUT2D eigenvalue weighted by atomic mass is 16.3. The molecule has 0 aliphatic heterocycles. The molecule has 0 amide bonds. The monoisotopic (exact) mass is 281 g/mol. The van der Waals surface area contributed by atoms with Crippen LogP contribution in [-0.2, 0) is 14.4 Å². The molecule has 20 heavy (non-hydrogen) atoms. The predicted octanol–water partition coefficient (Wildman–Crippen LogP) is 2.56. The van der Waals surface area contributed by atoms with Crippen molar-refractivity contribution in [3.8, 4) is 0 Å². The van der Waals surface area contributed by atoms with Crippen molar-refractivity contribution in [3.63, 3.8) is 0 Å². The number of hydrogen-bond donors (Lipinski definition) is 0. The van der Waals surface area contributed by atoms with E-state index in [0.29, 0.717) is 6.42 Å². The van der Waals surface area contributed by atoms with E-state index in [1.165, 1.54) is 27.7 Å². The van der Waals surface area contributed by atoms with Crippen molar-refractivity contribution in [2.24, 2.45) is 27.8 Å². The van der Waals surface area contributed by atoms with Gasteiger partial charge in [-0.25, -0.2) is 0 Å². The van der Waals surface area contributed by atoms with Gasteiger partial charge in [-0.15, -0.1) is 0 Å². The Morgan fingerprint density at radius 1 is 1.00 bits per heavy atom. The molecule has 112 valence electrons. The summed E-state index contributed by atoms with van der Waals surface area (Å²) in [7, 11) is 0. The fourth-order valence-corrected chi connectivity index (χ4v) is 2.97. The Morgan fingerprint density at radius 2 is 1.40 bits per heavy atom. The van der Waals surface area contributed by atoms with E-state index in [2.05, 4.69) is 5.18 Å². The molecule has 1 fully saturated rings. The van der Waals surface area contributed by atoms with Gasteiger partial charge in [0.1, 0.15) is 12.0 Å². The first kappa shape index (κ1) is 16.7. The summed E-state index contributed by atoms with van der Waals surface area (Å²) in [4.78, 5) is 48.4. The van der Waals surface area contributed by atoms with Crippen LogP contribution in [0.2, 0.25) is 0 Å². The van der Waals surface area contributed by atoms with E-state index < -0.39 is 34.4 Å². The molecule has 0 heterocycles. The number of ketones is 3. The van der Waals surface area contributed by atoms with Crippen molar-refractivity contribution in [1.29, 1.82) is 0 Å². The summed E-state index contributed by atoms with van der Waals surface area (Å²) >= 11 is 0. The van der Waals surface area contributed by atoms with Gasteiger partial charge in [0.2, 0.25) is 0 Å². The fourth-order valence-electron chi connectivity index (χ4n) is 2.97. The molecule has 1 saturated carbocycles. The van der Waals surface area contributed by atoms with Crippen molar-refractivity contribution >= 4 is 17.3 Å². The lowest BCUT2D eigenvalue weighted by atomic mass is 9.57. The lowest BCUT2D eigenvalue weighted by Gasteiger charge is -2.41. The maximum absolute atomic E-state index is 12.5. The average molecular weight is 281 g/mol. The molecule has 5 heteroatoms. The molecule has 0 N–H and O–H groups in total. The summed E-state index contributed by atoms with van der Waals surface area (Å²) in [5, 5.41) is 3.01. The number of nitrogens with zero attached hydrogens (tertiary/aromatic N) is 1. The Labute approximate surface area is 119 Å². The van der Waals surface area contributed by atoms with Crippen LogP contribution in [0, 0.1) is 27.6 Å². The van der Waals surface area contributed by atoms with Gasteiger partial charge in [-0.05, 0) is 40.0 Å². The van der Waals surface area contributed by atoms with Gasteiger partial charge in [0.25, 0.3) is 0 Å². The van der Waals surface area contributed by atoms with Gasteiger partial charge >= 0.3 is 0 Å². The predicted molar refractivity (Wildman–Crippen MR) is 75.1 cm³/mol. The van der Waals surface area contributed by atoms with E-state index in [9.17, 15) is 19.3 Å². The first-order chi connectivity index (χ1) is 8.97. The van der Waals surface area contributed by atoms with Crippen LogP contribution in [0.1, 0.15) is 48.0 Å². The SMILES string of the molecule is CC(C)CC(N=O)C1C(=O)C(C)(C)C(=O)C(C)(C)C1=O. The van der Waals surface area contributed by atoms with E-state index in [4.69, 9.17) is 0 Å². The molecule has 0 aromatic rings. The minimum absolute atomic E-state index is 0.141. The van der Waals surface area contributed by atoms with Crippen LogP contribution in [-0.4, -0.2) is 23.4 Å². The molecule has 0 bridgehead atoms. The largest absolute Gasteiger partial charge is 0.298 e. The Kier molecular flexibility index (Phi) is 4.32. The molecule has 0 aromatic heterocycles. The van der Waals surface area contributed by atoms with E-state index in [1.54, 1.807) is 0 Å². The van der Waals surface area contributed by atoms with Crippen molar-refractivity contribution < 1.29 is 14.4 Å². The summed E-state index contributed by atoms with van der Waals surface area (Å²) in [6, 6.07) is -0.887. The number of carbonyl (C=O) groups excluding carboxylic acids is 3. The number of nitroso groups, excluding NO2 is 1. The van der Waals surface area contributed by atoms with Crippen LogP contribution < -0.4 is 0 Å². The van der Waals surface area contributed by atoms with Crippen molar-refractivity contribution in [3.05, 3.63) is 4.91 Å². The maximum Gasteiger partial charge on any atom is 0.158 e. The number of rotatable bonds is 4. The van der Waals surface area contributed by atoms with Crippen LogP contribution in [0.5, 0.6) is 0 Å². The Bertz CT molecular complexity index is 432. The molecule has 0 spiro atoms. The molecule has 1 aliphatic rings. The maximum atomic E-state index is 12.5. The van der Waals surface area contributed by atoms with Crippen LogP contribution in [0.3, 0.4) is 0 Å². The molecular formula is C15H23NO4. The highest BCUT2D eigenvalue weighted by Gasteiger charge is 2.59.